The summed E-state index contributed by atoms with van der Waals surface area (Å²) in [5.41, 5.74) is 2.56. The van der Waals surface area contributed by atoms with Crippen LogP contribution in [0.25, 0.3) is 0 Å². The smallest absolute Gasteiger partial charge is 0.137 e. The third-order valence-corrected chi connectivity index (χ3v) is 2.92. The molecule has 104 valence electrons. The quantitative estimate of drug-likeness (QED) is 0.760. The van der Waals surface area contributed by atoms with Gasteiger partial charge in [-0.25, -0.2) is 0 Å². The molecule has 0 amide bonds. The van der Waals surface area contributed by atoms with Gasteiger partial charge in [-0.2, -0.15) is 0 Å². The van der Waals surface area contributed by atoms with Crippen LogP contribution in [0.2, 0.25) is 5.02 Å². The first-order chi connectivity index (χ1) is 8.25. The number of benzene rings is 2. The van der Waals surface area contributed by atoms with Crippen LogP contribution in [-0.4, -0.2) is 6.61 Å². The van der Waals surface area contributed by atoms with E-state index in [1.54, 1.807) is 0 Å². The van der Waals surface area contributed by atoms with Crippen molar-refractivity contribution in [1.82, 2.24) is 0 Å². The van der Waals surface area contributed by atoms with Crippen LogP contribution < -0.4 is 4.74 Å². The molecule has 0 radical (unpaired) electrons. The zero-order valence-corrected chi connectivity index (χ0v) is 13.0. The average Bonchev–Trinajstić information content (AvgIpc) is 2.34. The molecule has 0 unspecified atom stereocenters. The lowest BCUT2D eigenvalue weighted by atomic mass is 10.1. The Kier molecular flexibility index (Phi) is 8.66. The van der Waals surface area contributed by atoms with Crippen LogP contribution in [0.4, 0.5) is 0 Å². The van der Waals surface area contributed by atoms with Crippen LogP contribution in [0.15, 0.2) is 48.5 Å². The van der Waals surface area contributed by atoms with Gasteiger partial charge in [-0.15, -0.1) is 24.8 Å². The van der Waals surface area contributed by atoms with Gasteiger partial charge in [0.2, 0.25) is 0 Å². The Labute approximate surface area is 131 Å². The summed E-state index contributed by atoms with van der Waals surface area (Å²) in [6, 6.07) is 16.0. The Morgan fingerprint density at radius 3 is 2.21 bits per heavy atom. The Morgan fingerprint density at radius 1 is 0.947 bits per heavy atom. The third-order valence-electron chi connectivity index (χ3n) is 2.61. The van der Waals surface area contributed by atoms with Crippen LogP contribution in [-0.2, 0) is 6.42 Å². The van der Waals surface area contributed by atoms with Crippen molar-refractivity contribution in [1.29, 1.82) is 0 Å². The number of hydrogen-bond acceptors (Lipinski definition) is 1. The molecule has 0 N–H and O–H groups in total. The fourth-order valence-electron chi connectivity index (χ4n) is 1.60. The van der Waals surface area contributed by atoms with Gasteiger partial charge >= 0.3 is 0 Å². The highest BCUT2D eigenvalue weighted by molar-refractivity contribution is 6.32. The van der Waals surface area contributed by atoms with Gasteiger partial charge in [-0.3, -0.25) is 0 Å². The maximum Gasteiger partial charge on any atom is 0.137 e. The van der Waals surface area contributed by atoms with Crippen LogP contribution in [0.5, 0.6) is 5.75 Å². The molecule has 2 aromatic rings. The van der Waals surface area contributed by atoms with E-state index in [-0.39, 0.29) is 24.8 Å². The molecule has 0 atom stereocenters. The minimum atomic E-state index is 0. The molecule has 0 aliphatic heterocycles. The molecule has 0 bridgehead atoms. The predicted molar refractivity (Wildman–Crippen MR) is 86.3 cm³/mol. The van der Waals surface area contributed by atoms with Crippen molar-refractivity contribution in [2.75, 3.05) is 6.61 Å². The summed E-state index contributed by atoms with van der Waals surface area (Å²) in [4.78, 5) is 0. The van der Waals surface area contributed by atoms with Gasteiger partial charge in [-0.05, 0) is 24.6 Å². The van der Waals surface area contributed by atoms with E-state index in [0.29, 0.717) is 11.6 Å². The molecule has 0 saturated carbocycles. The summed E-state index contributed by atoms with van der Waals surface area (Å²) in [7, 11) is 0. The van der Waals surface area contributed by atoms with Crippen molar-refractivity contribution >= 4 is 36.4 Å². The number of rotatable bonds is 4. The van der Waals surface area contributed by atoms with Crippen LogP contribution >= 0.6 is 36.4 Å². The molecule has 0 heterocycles. The molecule has 1 nitrogen and oxygen atoms in total. The third kappa shape index (κ3) is 5.73. The number of hydrogen-bond donors (Lipinski definition) is 0. The molecular formula is C15H17Cl3O. The summed E-state index contributed by atoms with van der Waals surface area (Å²) >= 11 is 6.00. The van der Waals surface area contributed by atoms with Crippen molar-refractivity contribution in [2.45, 2.75) is 13.3 Å². The topological polar surface area (TPSA) is 9.23 Å². The summed E-state index contributed by atoms with van der Waals surface area (Å²) in [5.74, 6) is 0.751. The standard InChI is InChI=1S/C15H15ClO.2ClH/c1-12-6-8-13(9-7-12)10-11-17-15-5-3-2-4-14(15)16;;/h2-9H,10-11H2,1H3;2*1H. The molecule has 0 aliphatic carbocycles. The highest BCUT2D eigenvalue weighted by Gasteiger charge is 1.99. The number of ether oxygens (including phenoxy) is 1. The largest absolute Gasteiger partial charge is 0.492 e. The maximum atomic E-state index is 6.00. The van der Waals surface area contributed by atoms with E-state index in [2.05, 4.69) is 31.2 Å². The van der Waals surface area contributed by atoms with Gasteiger partial charge in [0.15, 0.2) is 0 Å². The summed E-state index contributed by atoms with van der Waals surface area (Å²) in [6.07, 6.45) is 0.894. The van der Waals surface area contributed by atoms with Gasteiger partial charge in [-0.1, -0.05) is 53.6 Å². The lowest BCUT2D eigenvalue weighted by Crippen LogP contribution is -2.01. The molecule has 0 saturated heterocycles. The van der Waals surface area contributed by atoms with Gasteiger partial charge in [0.1, 0.15) is 5.75 Å². The van der Waals surface area contributed by atoms with E-state index in [4.69, 9.17) is 16.3 Å². The van der Waals surface area contributed by atoms with E-state index >= 15 is 0 Å². The maximum absolute atomic E-state index is 6.00. The van der Waals surface area contributed by atoms with Crippen LogP contribution in [0.3, 0.4) is 0 Å². The van der Waals surface area contributed by atoms with Gasteiger partial charge in [0.05, 0.1) is 11.6 Å². The van der Waals surface area contributed by atoms with Crippen molar-refractivity contribution in [3.63, 3.8) is 0 Å². The van der Waals surface area contributed by atoms with E-state index < -0.39 is 0 Å². The normalized spacial score (nSPS) is 9.16. The van der Waals surface area contributed by atoms with Crippen molar-refractivity contribution < 1.29 is 4.74 Å². The molecular weight excluding hydrogens is 303 g/mol. The minimum Gasteiger partial charge on any atom is -0.492 e. The second-order valence-corrected chi connectivity index (χ2v) is 4.42. The second kappa shape index (κ2) is 9.08. The lowest BCUT2D eigenvalue weighted by Gasteiger charge is -2.07. The first-order valence-electron chi connectivity index (χ1n) is 5.68. The zero-order chi connectivity index (χ0) is 12.1. The van der Waals surface area contributed by atoms with Crippen LogP contribution in [0, 0.1) is 6.92 Å². The van der Waals surface area contributed by atoms with Gasteiger partial charge in [0, 0.05) is 6.42 Å². The summed E-state index contributed by atoms with van der Waals surface area (Å²) in [6.45, 7) is 2.73. The zero-order valence-electron chi connectivity index (χ0n) is 10.6. The molecule has 4 heteroatoms. The summed E-state index contributed by atoms with van der Waals surface area (Å²) in [5, 5.41) is 0.663. The lowest BCUT2D eigenvalue weighted by molar-refractivity contribution is 0.322. The fraction of sp³-hybridized carbons (Fsp3) is 0.200. The van der Waals surface area contributed by atoms with Crippen molar-refractivity contribution in [3.05, 3.63) is 64.7 Å². The molecule has 0 aromatic heterocycles. The Balaban J connectivity index is 0.00000162. The fourth-order valence-corrected chi connectivity index (χ4v) is 1.79. The van der Waals surface area contributed by atoms with Crippen molar-refractivity contribution in [2.24, 2.45) is 0 Å². The molecule has 19 heavy (non-hydrogen) atoms. The molecule has 2 rings (SSSR count). The monoisotopic (exact) mass is 318 g/mol. The Hall–Kier alpha value is -0.890. The summed E-state index contributed by atoms with van der Waals surface area (Å²) < 4.78 is 5.64. The number of halogens is 3. The van der Waals surface area contributed by atoms with E-state index in [9.17, 15) is 0 Å². The number of aryl methyl sites for hydroxylation is 1. The Morgan fingerprint density at radius 2 is 1.58 bits per heavy atom. The average molecular weight is 320 g/mol. The predicted octanol–water partition coefficient (Wildman–Crippen LogP) is 5.11. The van der Waals surface area contributed by atoms with E-state index in [1.165, 1.54) is 11.1 Å². The van der Waals surface area contributed by atoms with Crippen molar-refractivity contribution in [3.8, 4) is 5.75 Å². The number of para-hydroxylation sites is 1. The van der Waals surface area contributed by atoms with Gasteiger partial charge in [0.25, 0.3) is 0 Å². The van der Waals surface area contributed by atoms with E-state index in [0.717, 1.165) is 12.2 Å². The van der Waals surface area contributed by atoms with Gasteiger partial charge < -0.3 is 4.74 Å². The first-order valence-corrected chi connectivity index (χ1v) is 6.06. The molecule has 0 aliphatic rings. The first kappa shape index (κ1) is 18.1. The molecule has 0 fully saturated rings. The highest BCUT2D eigenvalue weighted by atomic mass is 35.5. The van der Waals surface area contributed by atoms with Crippen LogP contribution in [0.1, 0.15) is 11.1 Å². The van der Waals surface area contributed by atoms with E-state index in [1.807, 2.05) is 24.3 Å². The SMILES string of the molecule is Cc1ccc(CCOc2ccccc2Cl)cc1.Cl.Cl. The minimum absolute atomic E-state index is 0. The molecule has 0 spiro atoms. The Bertz CT molecular complexity index is 483. The second-order valence-electron chi connectivity index (χ2n) is 4.01. The highest BCUT2D eigenvalue weighted by Crippen LogP contribution is 2.23. The molecule has 2 aromatic carbocycles.